The first-order valence-corrected chi connectivity index (χ1v) is 8.52. The summed E-state index contributed by atoms with van der Waals surface area (Å²) in [4.78, 5) is 28.4. The second-order valence-corrected chi connectivity index (χ2v) is 5.92. The summed E-state index contributed by atoms with van der Waals surface area (Å²) in [5, 5.41) is 2.85. The zero-order chi connectivity index (χ0) is 18.4. The highest BCUT2D eigenvalue weighted by Gasteiger charge is 2.10. The molecule has 1 amide bonds. The first kappa shape index (κ1) is 17.7. The molecule has 134 valence electrons. The molecule has 0 saturated carbocycles. The number of benzene rings is 1. The molecule has 1 N–H and O–H groups in total. The van der Waals surface area contributed by atoms with Gasteiger partial charge >= 0.3 is 0 Å². The Morgan fingerprint density at radius 1 is 1.12 bits per heavy atom. The molecular formula is C20H21N3O3. The number of nitrogens with one attached hydrogen (secondary N) is 1. The molecule has 0 bridgehead atoms. The number of carbonyl (C=O) groups excluding carboxylic acids is 2. The van der Waals surface area contributed by atoms with E-state index in [0.717, 1.165) is 11.3 Å². The number of methoxy groups -OCH3 is 1. The molecule has 2 aromatic heterocycles. The molecule has 1 aromatic carbocycles. The standard InChI is InChI=1S/C20H21N3O3/c1-26-17-7-5-15(6-8-17)18(24)9-10-20(25)21-12-11-19-22-14-16-4-2-3-13-23(16)19/h2-8,13-14H,9-12H2,1H3,(H,21,25). The molecule has 0 aliphatic carbocycles. The van der Waals surface area contributed by atoms with Gasteiger partial charge in [0, 0.05) is 37.6 Å². The van der Waals surface area contributed by atoms with Crippen LogP contribution < -0.4 is 10.1 Å². The molecule has 0 unspecified atom stereocenters. The molecule has 6 heteroatoms. The molecule has 0 aliphatic heterocycles. The normalized spacial score (nSPS) is 10.7. The molecule has 0 saturated heterocycles. The van der Waals surface area contributed by atoms with Crippen molar-refractivity contribution < 1.29 is 14.3 Å². The number of amides is 1. The molecule has 0 aliphatic rings. The highest BCUT2D eigenvalue weighted by atomic mass is 16.5. The van der Waals surface area contributed by atoms with Crippen LogP contribution in [0.1, 0.15) is 29.0 Å². The Kier molecular flexibility index (Phi) is 5.63. The minimum Gasteiger partial charge on any atom is -0.497 e. The van der Waals surface area contributed by atoms with Gasteiger partial charge in [0.25, 0.3) is 0 Å². The van der Waals surface area contributed by atoms with Crippen molar-refractivity contribution in [1.82, 2.24) is 14.7 Å². The molecule has 0 fully saturated rings. The van der Waals surface area contributed by atoms with Crippen LogP contribution in [0.3, 0.4) is 0 Å². The summed E-state index contributed by atoms with van der Waals surface area (Å²) in [6.45, 7) is 0.490. The van der Waals surface area contributed by atoms with Crippen molar-refractivity contribution in [2.24, 2.45) is 0 Å². The summed E-state index contributed by atoms with van der Waals surface area (Å²) >= 11 is 0. The number of rotatable bonds is 8. The molecular weight excluding hydrogens is 330 g/mol. The maximum atomic E-state index is 12.1. The minimum atomic E-state index is -0.132. The lowest BCUT2D eigenvalue weighted by Gasteiger charge is -2.06. The van der Waals surface area contributed by atoms with Gasteiger partial charge in [-0.25, -0.2) is 4.98 Å². The van der Waals surface area contributed by atoms with Gasteiger partial charge in [0.1, 0.15) is 11.6 Å². The Morgan fingerprint density at radius 2 is 1.92 bits per heavy atom. The number of Topliss-reactive ketones (excluding diaryl/α,β-unsaturated/α-hetero) is 1. The zero-order valence-electron chi connectivity index (χ0n) is 14.6. The van der Waals surface area contributed by atoms with Crippen LogP contribution in [0.25, 0.3) is 5.52 Å². The van der Waals surface area contributed by atoms with Gasteiger partial charge in [-0.3, -0.25) is 9.59 Å². The number of carbonyl (C=O) groups is 2. The molecule has 2 heterocycles. The number of aromatic nitrogens is 2. The van der Waals surface area contributed by atoms with Gasteiger partial charge in [0.2, 0.25) is 5.91 Å². The summed E-state index contributed by atoms with van der Waals surface area (Å²) in [7, 11) is 1.58. The number of nitrogens with zero attached hydrogens (tertiary/aromatic N) is 2. The Labute approximate surface area is 151 Å². The van der Waals surface area contributed by atoms with E-state index in [1.165, 1.54) is 0 Å². The lowest BCUT2D eigenvalue weighted by atomic mass is 10.1. The molecule has 0 radical (unpaired) electrons. The van der Waals surface area contributed by atoms with Crippen LogP contribution in [-0.4, -0.2) is 34.7 Å². The maximum absolute atomic E-state index is 12.1. The van der Waals surface area contributed by atoms with E-state index < -0.39 is 0 Å². The number of imidazole rings is 1. The van der Waals surface area contributed by atoms with Crippen molar-refractivity contribution >= 4 is 17.2 Å². The fourth-order valence-corrected chi connectivity index (χ4v) is 2.73. The number of hydrogen-bond donors (Lipinski definition) is 1. The van der Waals surface area contributed by atoms with Crippen LogP contribution in [-0.2, 0) is 11.2 Å². The van der Waals surface area contributed by atoms with Crippen molar-refractivity contribution in [3.05, 3.63) is 66.2 Å². The number of fused-ring (bicyclic) bond motifs is 1. The third-order valence-corrected chi connectivity index (χ3v) is 4.18. The van der Waals surface area contributed by atoms with Crippen molar-refractivity contribution in [3.8, 4) is 5.75 Å². The highest BCUT2D eigenvalue weighted by Crippen LogP contribution is 2.13. The van der Waals surface area contributed by atoms with Crippen LogP contribution in [0, 0.1) is 0 Å². The first-order chi connectivity index (χ1) is 12.7. The number of ether oxygens (including phenoxy) is 1. The van der Waals surface area contributed by atoms with Gasteiger partial charge in [0.15, 0.2) is 5.78 Å². The Balaban J connectivity index is 1.43. The van der Waals surface area contributed by atoms with Gasteiger partial charge in [-0.1, -0.05) is 6.07 Å². The van der Waals surface area contributed by atoms with E-state index in [1.54, 1.807) is 31.4 Å². The van der Waals surface area contributed by atoms with Gasteiger partial charge in [0.05, 0.1) is 18.8 Å². The maximum Gasteiger partial charge on any atom is 0.220 e. The predicted octanol–water partition coefficient (Wildman–Crippen LogP) is 2.66. The number of ketones is 1. The lowest BCUT2D eigenvalue weighted by Crippen LogP contribution is -2.26. The van der Waals surface area contributed by atoms with E-state index in [4.69, 9.17) is 4.74 Å². The van der Waals surface area contributed by atoms with Gasteiger partial charge in [-0.2, -0.15) is 0 Å². The Hall–Kier alpha value is -3.15. The topological polar surface area (TPSA) is 72.7 Å². The average molecular weight is 351 g/mol. The fourth-order valence-electron chi connectivity index (χ4n) is 2.73. The van der Waals surface area contributed by atoms with Crippen LogP contribution in [0.4, 0.5) is 0 Å². The third kappa shape index (κ3) is 4.27. The van der Waals surface area contributed by atoms with E-state index in [0.29, 0.717) is 24.3 Å². The van der Waals surface area contributed by atoms with Crippen LogP contribution >= 0.6 is 0 Å². The van der Waals surface area contributed by atoms with E-state index >= 15 is 0 Å². The highest BCUT2D eigenvalue weighted by molar-refractivity contribution is 5.98. The fraction of sp³-hybridized carbons (Fsp3) is 0.250. The largest absolute Gasteiger partial charge is 0.497 e. The van der Waals surface area contributed by atoms with Gasteiger partial charge in [-0.15, -0.1) is 0 Å². The zero-order valence-corrected chi connectivity index (χ0v) is 14.6. The van der Waals surface area contributed by atoms with Gasteiger partial charge in [-0.05, 0) is 36.4 Å². The van der Waals surface area contributed by atoms with E-state index in [2.05, 4.69) is 10.3 Å². The average Bonchev–Trinajstić information content (AvgIpc) is 3.09. The first-order valence-electron chi connectivity index (χ1n) is 8.52. The molecule has 26 heavy (non-hydrogen) atoms. The smallest absolute Gasteiger partial charge is 0.220 e. The van der Waals surface area contributed by atoms with E-state index in [1.807, 2.05) is 35.0 Å². The minimum absolute atomic E-state index is 0.0537. The second-order valence-electron chi connectivity index (χ2n) is 5.92. The van der Waals surface area contributed by atoms with Crippen LogP contribution in [0.2, 0.25) is 0 Å². The Morgan fingerprint density at radius 3 is 2.69 bits per heavy atom. The van der Waals surface area contributed by atoms with Crippen LogP contribution in [0.15, 0.2) is 54.9 Å². The van der Waals surface area contributed by atoms with Crippen molar-refractivity contribution in [3.63, 3.8) is 0 Å². The molecule has 0 spiro atoms. The summed E-state index contributed by atoms with van der Waals surface area (Å²) in [6, 6.07) is 12.8. The summed E-state index contributed by atoms with van der Waals surface area (Å²) in [5.74, 6) is 1.41. The van der Waals surface area contributed by atoms with Gasteiger partial charge < -0.3 is 14.5 Å². The van der Waals surface area contributed by atoms with Crippen molar-refractivity contribution in [1.29, 1.82) is 0 Å². The lowest BCUT2D eigenvalue weighted by molar-refractivity contribution is -0.121. The number of pyridine rings is 1. The Bertz CT molecular complexity index is 900. The monoisotopic (exact) mass is 351 g/mol. The summed E-state index contributed by atoms with van der Waals surface area (Å²) in [5.41, 5.74) is 1.61. The molecule has 3 aromatic rings. The van der Waals surface area contributed by atoms with E-state index in [9.17, 15) is 9.59 Å². The molecule has 3 rings (SSSR count). The molecule has 0 atom stereocenters. The quantitative estimate of drug-likeness (QED) is 0.633. The SMILES string of the molecule is COc1ccc(C(=O)CCC(=O)NCCc2ncc3ccccn23)cc1. The summed E-state index contributed by atoms with van der Waals surface area (Å²) < 4.78 is 7.07. The van der Waals surface area contributed by atoms with Crippen molar-refractivity contribution in [2.75, 3.05) is 13.7 Å². The molecule has 6 nitrogen and oxygen atoms in total. The summed E-state index contributed by atoms with van der Waals surface area (Å²) in [6.07, 6.45) is 4.76. The second kappa shape index (κ2) is 8.29. The number of hydrogen-bond acceptors (Lipinski definition) is 4. The van der Waals surface area contributed by atoms with E-state index in [-0.39, 0.29) is 24.5 Å². The van der Waals surface area contributed by atoms with Crippen molar-refractivity contribution in [2.45, 2.75) is 19.3 Å². The van der Waals surface area contributed by atoms with Crippen LogP contribution in [0.5, 0.6) is 5.75 Å². The predicted molar refractivity (Wildman–Crippen MR) is 98.5 cm³/mol. The third-order valence-electron chi connectivity index (χ3n) is 4.18.